The molecule has 7 nitrogen and oxygen atoms in total. The van der Waals surface area contributed by atoms with Gasteiger partial charge in [-0.3, -0.25) is 14.5 Å². The summed E-state index contributed by atoms with van der Waals surface area (Å²) in [5.74, 6) is -1.63. The first kappa shape index (κ1) is 21.7. The lowest BCUT2D eigenvalue weighted by molar-refractivity contribution is -0.139. The van der Waals surface area contributed by atoms with E-state index in [-0.39, 0.29) is 28.0 Å². The summed E-state index contributed by atoms with van der Waals surface area (Å²) in [6, 6.07) is 8.41. The monoisotopic (exact) mass is 451 g/mol. The van der Waals surface area contributed by atoms with Crippen molar-refractivity contribution in [2.24, 2.45) is 0 Å². The lowest BCUT2D eigenvalue weighted by atomic mass is 10.1. The highest BCUT2D eigenvalue weighted by Gasteiger charge is 2.35. The summed E-state index contributed by atoms with van der Waals surface area (Å²) in [5, 5.41) is 8.37. The lowest BCUT2D eigenvalue weighted by Gasteiger charge is -2.13. The third-order valence-electron chi connectivity index (χ3n) is 4.05. The van der Waals surface area contributed by atoms with Crippen LogP contribution in [0.25, 0.3) is 6.08 Å². The standard InChI is InChI=1S/C20H15ClFNO6S/c1-28-16-6-11(2-5-15(16)29-10-18(24)25)7-17-19(26)23(20(27)30-17)9-12-3-4-13(22)8-14(12)21/h2-8H,9-10H2,1H3,(H,24,25)/b17-7+. The number of halogens is 2. The number of rotatable bonds is 7. The number of methoxy groups -OCH3 is 1. The van der Waals surface area contributed by atoms with Crippen LogP contribution in [0.5, 0.6) is 11.5 Å². The first-order chi connectivity index (χ1) is 14.3. The Morgan fingerprint density at radius 1 is 1.23 bits per heavy atom. The van der Waals surface area contributed by atoms with Gasteiger partial charge < -0.3 is 14.6 Å². The first-order valence-electron chi connectivity index (χ1n) is 8.50. The number of benzene rings is 2. The molecule has 10 heteroatoms. The largest absolute Gasteiger partial charge is 0.493 e. The van der Waals surface area contributed by atoms with Crippen LogP contribution >= 0.6 is 23.4 Å². The molecule has 0 aliphatic carbocycles. The molecule has 156 valence electrons. The number of imide groups is 1. The number of hydrogen-bond donors (Lipinski definition) is 1. The Morgan fingerprint density at radius 2 is 2.00 bits per heavy atom. The van der Waals surface area contributed by atoms with Crippen LogP contribution in [0.1, 0.15) is 11.1 Å². The number of hydrogen-bond acceptors (Lipinski definition) is 6. The maximum absolute atomic E-state index is 13.2. The number of carbonyl (C=O) groups is 3. The fraction of sp³-hybridized carbons (Fsp3) is 0.150. The van der Waals surface area contributed by atoms with Crippen LogP contribution in [0.15, 0.2) is 41.3 Å². The van der Waals surface area contributed by atoms with Crippen LogP contribution in [-0.2, 0) is 16.1 Å². The Balaban J connectivity index is 1.80. The number of carboxylic acids is 1. The van der Waals surface area contributed by atoms with E-state index in [0.29, 0.717) is 11.1 Å². The smallest absolute Gasteiger partial charge is 0.341 e. The fourth-order valence-corrected chi connectivity index (χ4v) is 3.71. The number of aliphatic carboxylic acids is 1. The molecule has 0 saturated carbocycles. The van der Waals surface area contributed by atoms with Crippen LogP contribution in [0.3, 0.4) is 0 Å². The van der Waals surface area contributed by atoms with Gasteiger partial charge in [-0.25, -0.2) is 9.18 Å². The Morgan fingerprint density at radius 3 is 2.67 bits per heavy atom. The summed E-state index contributed by atoms with van der Waals surface area (Å²) >= 11 is 6.76. The van der Waals surface area contributed by atoms with E-state index in [1.54, 1.807) is 12.1 Å². The van der Waals surface area contributed by atoms with Gasteiger partial charge in [0.1, 0.15) is 5.82 Å². The molecule has 30 heavy (non-hydrogen) atoms. The Bertz CT molecular complexity index is 1060. The van der Waals surface area contributed by atoms with Crippen molar-refractivity contribution in [3.05, 3.63) is 63.3 Å². The van der Waals surface area contributed by atoms with Gasteiger partial charge in [-0.2, -0.15) is 0 Å². The van der Waals surface area contributed by atoms with Crippen molar-refractivity contribution >= 4 is 46.6 Å². The van der Waals surface area contributed by atoms with E-state index in [1.807, 2.05) is 0 Å². The molecule has 2 amide bonds. The highest BCUT2D eigenvalue weighted by Crippen LogP contribution is 2.36. The first-order valence-corrected chi connectivity index (χ1v) is 9.70. The molecule has 1 fully saturated rings. The summed E-state index contributed by atoms with van der Waals surface area (Å²) in [4.78, 5) is 36.9. The highest BCUT2D eigenvalue weighted by atomic mass is 35.5. The van der Waals surface area contributed by atoms with Crippen molar-refractivity contribution in [2.45, 2.75) is 6.54 Å². The number of ether oxygens (including phenoxy) is 2. The molecule has 1 saturated heterocycles. The molecular weight excluding hydrogens is 437 g/mol. The number of amides is 2. The number of carboxylic acid groups (broad SMARTS) is 1. The highest BCUT2D eigenvalue weighted by molar-refractivity contribution is 8.18. The Hall–Kier alpha value is -3.04. The van der Waals surface area contributed by atoms with Gasteiger partial charge in [-0.05, 0) is 53.2 Å². The molecule has 0 radical (unpaired) electrons. The minimum Gasteiger partial charge on any atom is -0.493 e. The summed E-state index contributed by atoms with van der Waals surface area (Å²) in [5.41, 5.74) is 1.00. The molecule has 1 aliphatic rings. The lowest BCUT2D eigenvalue weighted by Crippen LogP contribution is -2.27. The van der Waals surface area contributed by atoms with Crippen molar-refractivity contribution in [1.82, 2.24) is 4.90 Å². The zero-order valence-corrected chi connectivity index (χ0v) is 17.1. The molecule has 0 aromatic heterocycles. The predicted molar refractivity (Wildman–Crippen MR) is 109 cm³/mol. The van der Waals surface area contributed by atoms with Crippen LogP contribution in [0.2, 0.25) is 5.02 Å². The zero-order valence-electron chi connectivity index (χ0n) is 15.6. The van der Waals surface area contributed by atoms with Gasteiger partial charge in [-0.15, -0.1) is 0 Å². The van der Waals surface area contributed by atoms with Gasteiger partial charge in [-0.1, -0.05) is 23.7 Å². The molecule has 0 unspecified atom stereocenters. The second-order valence-corrected chi connectivity index (χ2v) is 7.50. The van der Waals surface area contributed by atoms with E-state index < -0.39 is 29.5 Å². The van der Waals surface area contributed by atoms with Crippen LogP contribution in [0, 0.1) is 5.82 Å². The van der Waals surface area contributed by atoms with Crippen molar-refractivity contribution in [2.75, 3.05) is 13.7 Å². The van der Waals surface area contributed by atoms with Gasteiger partial charge >= 0.3 is 5.97 Å². The fourth-order valence-electron chi connectivity index (χ4n) is 2.64. The van der Waals surface area contributed by atoms with Crippen molar-refractivity contribution in [1.29, 1.82) is 0 Å². The number of nitrogens with zero attached hydrogens (tertiary/aromatic N) is 1. The summed E-state index contributed by atoms with van der Waals surface area (Å²) in [7, 11) is 1.40. The Kier molecular flexibility index (Phi) is 6.63. The molecule has 0 atom stereocenters. The molecular formula is C20H15ClFNO6S. The quantitative estimate of drug-likeness (QED) is 0.631. The minimum atomic E-state index is -1.13. The average molecular weight is 452 g/mol. The second-order valence-electron chi connectivity index (χ2n) is 6.10. The van der Waals surface area contributed by atoms with Crippen LogP contribution < -0.4 is 9.47 Å². The summed E-state index contributed by atoms with van der Waals surface area (Å²) in [6.07, 6.45) is 1.51. The third-order valence-corrected chi connectivity index (χ3v) is 5.31. The molecule has 0 bridgehead atoms. The summed E-state index contributed by atoms with van der Waals surface area (Å²) in [6.45, 7) is -0.604. The van der Waals surface area contributed by atoms with Gasteiger partial charge in [0.2, 0.25) is 0 Å². The predicted octanol–water partition coefficient (Wildman–Crippen LogP) is 4.19. The van der Waals surface area contributed by atoms with E-state index in [2.05, 4.69) is 0 Å². The van der Waals surface area contributed by atoms with E-state index in [9.17, 15) is 18.8 Å². The normalized spacial score (nSPS) is 15.0. The van der Waals surface area contributed by atoms with Crippen LogP contribution in [0.4, 0.5) is 9.18 Å². The average Bonchev–Trinajstić information content (AvgIpc) is 2.96. The maximum atomic E-state index is 13.2. The topological polar surface area (TPSA) is 93.1 Å². The molecule has 1 heterocycles. The van der Waals surface area contributed by atoms with E-state index in [4.69, 9.17) is 26.2 Å². The van der Waals surface area contributed by atoms with Gasteiger partial charge in [0.25, 0.3) is 11.1 Å². The maximum Gasteiger partial charge on any atom is 0.341 e. The van der Waals surface area contributed by atoms with Gasteiger partial charge in [0, 0.05) is 5.02 Å². The van der Waals surface area contributed by atoms with E-state index in [0.717, 1.165) is 22.7 Å². The Labute approximate surface area is 180 Å². The molecule has 1 aliphatic heterocycles. The second kappa shape index (κ2) is 9.19. The molecule has 1 N–H and O–H groups in total. The SMILES string of the molecule is COc1cc(/C=C2/SC(=O)N(Cc3ccc(F)cc3Cl)C2=O)ccc1OCC(=O)O. The van der Waals surface area contributed by atoms with E-state index >= 15 is 0 Å². The molecule has 2 aromatic rings. The van der Waals surface area contributed by atoms with Crippen molar-refractivity contribution in [3.63, 3.8) is 0 Å². The van der Waals surface area contributed by atoms with Gasteiger partial charge in [0.05, 0.1) is 18.6 Å². The minimum absolute atomic E-state index is 0.0770. The van der Waals surface area contributed by atoms with Gasteiger partial charge in [0.15, 0.2) is 18.1 Å². The molecule has 3 rings (SSSR count). The van der Waals surface area contributed by atoms with Crippen molar-refractivity contribution in [3.8, 4) is 11.5 Å². The van der Waals surface area contributed by atoms with E-state index in [1.165, 1.54) is 31.4 Å². The number of thioether (sulfide) groups is 1. The van der Waals surface area contributed by atoms with Crippen LogP contribution in [-0.4, -0.2) is 40.8 Å². The summed E-state index contributed by atoms with van der Waals surface area (Å²) < 4.78 is 23.5. The zero-order chi connectivity index (χ0) is 21.8. The number of carbonyl (C=O) groups excluding carboxylic acids is 2. The van der Waals surface area contributed by atoms with Crippen molar-refractivity contribution < 1.29 is 33.4 Å². The molecule has 0 spiro atoms. The third kappa shape index (κ3) is 4.92. The molecule has 2 aromatic carbocycles.